The highest BCUT2D eigenvalue weighted by Crippen LogP contribution is 2.59. The Hall–Kier alpha value is -0.803. The van der Waals surface area contributed by atoms with Crippen molar-refractivity contribution >= 4 is 8.07 Å². The van der Waals surface area contributed by atoms with Crippen molar-refractivity contribution in [2.75, 3.05) is 7.11 Å². The van der Waals surface area contributed by atoms with E-state index >= 15 is 0 Å². The predicted octanol–water partition coefficient (Wildman–Crippen LogP) is 5.33. The van der Waals surface area contributed by atoms with Crippen LogP contribution in [0.4, 0.5) is 0 Å². The molecule has 1 N–H and O–H groups in total. The Morgan fingerprint density at radius 3 is 2.60 bits per heavy atom. The summed E-state index contributed by atoms with van der Waals surface area (Å²) < 4.78 is 5.53. The standard InChI is InChI=1S/C22H36O2Si/c1-21(15-20(23)25(4,5)6)12-7-13-22(2)18-14-17(24-3)10-8-16(18)9-11-19(21)22/h8,10,14,19-20,23H,7,9,11-13,15H2,1-6H3/t19-,20?,21+,22+/m0/s1. The lowest BCUT2D eigenvalue weighted by Crippen LogP contribution is -2.52. The van der Waals surface area contributed by atoms with E-state index in [4.69, 9.17) is 4.74 Å². The largest absolute Gasteiger partial charge is 0.497 e. The van der Waals surface area contributed by atoms with Gasteiger partial charge in [0.2, 0.25) is 0 Å². The second-order valence-electron chi connectivity index (χ2n) is 10.1. The molecule has 2 aliphatic rings. The average molecular weight is 361 g/mol. The molecule has 140 valence electrons. The monoisotopic (exact) mass is 360 g/mol. The number of aryl methyl sites for hydroxylation is 1. The first-order chi connectivity index (χ1) is 11.6. The number of rotatable bonds is 4. The zero-order chi connectivity index (χ0) is 18.5. The quantitative estimate of drug-likeness (QED) is 0.735. The Morgan fingerprint density at radius 1 is 1.24 bits per heavy atom. The van der Waals surface area contributed by atoms with Gasteiger partial charge in [-0.2, -0.15) is 0 Å². The van der Waals surface area contributed by atoms with Gasteiger partial charge in [-0.25, -0.2) is 0 Å². The molecule has 2 nitrogen and oxygen atoms in total. The molecule has 1 unspecified atom stereocenters. The Labute approximate surface area is 155 Å². The summed E-state index contributed by atoms with van der Waals surface area (Å²) >= 11 is 0. The molecule has 0 heterocycles. The van der Waals surface area contributed by atoms with E-state index in [2.05, 4.69) is 51.7 Å². The second kappa shape index (κ2) is 6.42. The lowest BCUT2D eigenvalue weighted by Gasteiger charge is -2.56. The first-order valence-electron chi connectivity index (χ1n) is 9.96. The molecular formula is C22H36O2Si. The van der Waals surface area contributed by atoms with Gasteiger partial charge in [0.05, 0.1) is 15.2 Å². The molecule has 3 rings (SSSR count). The summed E-state index contributed by atoms with van der Waals surface area (Å²) in [7, 11) is 0.240. The maximum absolute atomic E-state index is 10.9. The lowest BCUT2D eigenvalue weighted by atomic mass is 9.49. The van der Waals surface area contributed by atoms with Gasteiger partial charge in [-0.1, -0.05) is 46.0 Å². The van der Waals surface area contributed by atoms with Gasteiger partial charge in [0.1, 0.15) is 5.75 Å². The molecule has 2 aliphatic carbocycles. The molecule has 0 aromatic heterocycles. The maximum Gasteiger partial charge on any atom is 0.119 e. The topological polar surface area (TPSA) is 29.5 Å². The molecule has 0 amide bonds. The fraction of sp³-hybridized carbons (Fsp3) is 0.727. The van der Waals surface area contributed by atoms with E-state index in [-0.39, 0.29) is 16.6 Å². The first-order valence-corrected chi connectivity index (χ1v) is 13.5. The molecule has 1 saturated carbocycles. The normalized spacial score (nSPS) is 33.3. The molecule has 25 heavy (non-hydrogen) atoms. The molecule has 1 fully saturated rings. The number of methoxy groups -OCH3 is 1. The maximum atomic E-state index is 10.9. The van der Waals surface area contributed by atoms with Crippen LogP contribution in [0.2, 0.25) is 19.6 Å². The molecule has 0 radical (unpaired) electrons. The first kappa shape index (κ1) is 19.0. The third-order valence-electron chi connectivity index (χ3n) is 7.35. The fourth-order valence-corrected chi connectivity index (χ4v) is 6.77. The summed E-state index contributed by atoms with van der Waals surface area (Å²) in [6.45, 7) is 11.8. The number of aliphatic hydroxyl groups is 1. The van der Waals surface area contributed by atoms with Crippen LogP contribution in [-0.2, 0) is 11.8 Å². The van der Waals surface area contributed by atoms with Crippen LogP contribution in [-0.4, -0.2) is 26.0 Å². The summed E-state index contributed by atoms with van der Waals surface area (Å²) in [5, 5.41) is 10.9. The average Bonchev–Trinajstić information content (AvgIpc) is 2.53. The van der Waals surface area contributed by atoms with Crippen molar-refractivity contribution in [2.45, 2.75) is 83.2 Å². The summed E-state index contributed by atoms with van der Waals surface area (Å²) in [6, 6.07) is 6.68. The van der Waals surface area contributed by atoms with Gasteiger partial charge in [-0.05, 0) is 72.1 Å². The summed E-state index contributed by atoms with van der Waals surface area (Å²) in [4.78, 5) is 0. The SMILES string of the molecule is COc1ccc2c(c1)[C@@]1(C)CCC[C@](C)(CC(O)[Si](C)(C)C)[C@@H]1CC2. The van der Waals surface area contributed by atoms with Gasteiger partial charge in [-0.3, -0.25) is 0 Å². The molecule has 4 atom stereocenters. The van der Waals surface area contributed by atoms with E-state index in [0.717, 1.165) is 18.6 Å². The van der Waals surface area contributed by atoms with Crippen molar-refractivity contribution < 1.29 is 9.84 Å². The zero-order valence-corrected chi connectivity index (χ0v) is 18.0. The molecule has 1 aromatic rings. The van der Waals surface area contributed by atoms with E-state index < -0.39 is 8.07 Å². The van der Waals surface area contributed by atoms with Crippen LogP contribution < -0.4 is 4.74 Å². The van der Waals surface area contributed by atoms with Crippen molar-refractivity contribution in [3.8, 4) is 5.75 Å². The summed E-state index contributed by atoms with van der Waals surface area (Å²) in [5.74, 6) is 1.63. The van der Waals surface area contributed by atoms with Crippen LogP contribution in [0.15, 0.2) is 18.2 Å². The summed E-state index contributed by atoms with van der Waals surface area (Å²) in [6.07, 6.45) is 7.17. The van der Waals surface area contributed by atoms with Crippen molar-refractivity contribution in [1.82, 2.24) is 0 Å². The number of benzene rings is 1. The number of hydrogen-bond donors (Lipinski definition) is 1. The van der Waals surface area contributed by atoms with E-state index in [1.165, 1.54) is 36.8 Å². The molecule has 0 spiro atoms. The van der Waals surface area contributed by atoms with E-state index in [1.807, 2.05) is 0 Å². The minimum atomic E-state index is -1.52. The van der Waals surface area contributed by atoms with E-state index in [0.29, 0.717) is 5.92 Å². The highest BCUT2D eigenvalue weighted by atomic mass is 28.3. The van der Waals surface area contributed by atoms with Gasteiger partial charge in [-0.15, -0.1) is 0 Å². The molecule has 0 saturated heterocycles. The third kappa shape index (κ3) is 3.30. The number of hydrogen-bond acceptors (Lipinski definition) is 2. The van der Waals surface area contributed by atoms with Crippen LogP contribution >= 0.6 is 0 Å². The van der Waals surface area contributed by atoms with Crippen molar-refractivity contribution in [2.24, 2.45) is 11.3 Å². The number of fused-ring (bicyclic) bond motifs is 3. The van der Waals surface area contributed by atoms with E-state index in [9.17, 15) is 5.11 Å². The molecule has 0 bridgehead atoms. The number of aliphatic hydroxyl groups excluding tert-OH is 1. The smallest absolute Gasteiger partial charge is 0.119 e. The molecule has 0 aliphatic heterocycles. The molecule has 3 heteroatoms. The minimum Gasteiger partial charge on any atom is -0.497 e. The van der Waals surface area contributed by atoms with E-state index in [1.54, 1.807) is 7.11 Å². The van der Waals surface area contributed by atoms with Gasteiger partial charge in [0.15, 0.2) is 0 Å². The number of ether oxygens (including phenoxy) is 1. The second-order valence-corrected chi connectivity index (χ2v) is 15.5. The third-order valence-corrected chi connectivity index (χ3v) is 9.55. The Kier molecular flexibility index (Phi) is 4.87. The van der Waals surface area contributed by atoms with Crippen LogP contribution in [0.3, 0.4) is 0 Å². The fourth-order valence-electron chi connectivity index (χ4n) is 5.69. The van der Waals surface area contributed by atoms with Crippen molar-refractivity contribution in [3.63, 3.8) is 0 Å². The summed E-state index contributed by atoms with van der Waals surface area (Å²) in [5.41, 5.74) is 3.37. The van der Waals surface area contributed by atoms with Crippen LogP contribution in [0.1, 0.15) is 57.1 Å². The minimum absolute atomic E-state index is 0.105. The van der Waals surface area contributed by atoms with Gasteiger partial charge in [0.25, 0.3) is 0 Å². The zero-order valence-electron chi connectivity index (χ0n) is 17.0. The van der Waals surface area contributed by atoms with Crippen molar-refractivity contribution in [1.29, 1.82) is 0 Å². The van der Waals surface area contributed by atoms with Crippen LogP contribution in [0.25, 0.3) is 0 Å². The van der Waals surface area contributed by atoms with Crippen LogP contribution in [0, 0.1) is 11.3 Å². The van der Waals surface area contributed by atoms with Gasteiger partial charge < -0.3 is 9.84 Å². The Balaban J connectivity index is 1.97. The Bertz CT molecular complexity index is 635. The predicted molar refractivity (Wildman–Crippen MR) is 108 cm³/mol. The lowest BCUT2D eigenvalue weighted by molar-refractivity contribution is -0.00169. The highest BCUT2D eigenvalue weighted by molar-refractivity contribution is 6.77. The van der Waals surface area contributed by atoms with Gasteiger partial charge >= 0.3 is 0 Å². The van der Waals surface area contributed by atoms with Gasteiger partial charge in [0, 0.05) is 5.73 Å². The highest BCUT2D eigenvalue weighted by Gasteiger charge is 2.52. The molecule has 1 aromatic carbocycles. The molecular weight excluding hydrogens is 324 g/mol. The Morgan fingerprint density at radius 2 is 1.96 bits per heavy atom. The van der Waals surface area contributed by atoms with Crippen molar-refractivity contribution in [3.05, 3.63) is 29.3 Å². The van der Waals surface area contributed by atoms with Crippen LogP contribution in [0.5, 0.6) is 5.75 Å².